The molecule has 0 saturated heterocycles. The van der Waals surface area contributed by atoms with E-state index in [1.165, 1.54) is 37.7 Å². The summed E-state index contributed by atoms with van der Waals surface area (Å²) in [6, 6.07) is 0. The topological polar surface area (TPSA) is 17.1 Å². The maximum atomic E-state index is 12.1. The molecule has 16 heavy (non-hydrogen) atoms. The summed E-state index contributed by atoms with van der Waals surface area (Å²) in [6.45, 7) is 7.84. The van der Waals surface area contributed by atoms with Crippen LogP contribution in [0.5, 0.6) is 0 Å². The van der Waals surface area contributed by atoms with Gasteiger partial charge in [0.15, 0.2) is 5.78 Å². The Kier molecular flexibility index (Phi) is 5.51. The van der Waals surface area contributed by atoms with E-state index in [1.807, 2.05) is 6.08 Å². The van der Waals surface area contributed by atoms with Crippen molar-refractivity contribution in [2.24, 2.45) is 5.92 Å². The lowest BCUT2D eigenvalue weighted by molar-refractivity contribution is -0.116. The Morgan fingerprint density at radius 3 is 2.38 bits per heavy atom. The van der Waals surface area contributed by atoms with E-state index in [2.05, 4.69) is 20.4 Å². The van der Waals surface area contributed by atoms with Crippen molar-refractivity contribution in [1.82, 2.24) is 0 Å². The van der Waals surface area contributed by atoms with Gasteiger partial charge in [-0.2, -0.15) is 0 Å². The molecule has 0 aromatic carbocycles. The molecule has 1 fully saturated rings. The normalized spacial score (nSPS) is 16.9. The molecule has 0 bridgehead atoms. The number of carbonyl (C=O) groups excluding carboxylic acids is 1. The first-order chi connectivity index (χ1) is 7.66. The molecule has 0 aliphatic heterocycles. The third-order valence-corrected chi connectivity index (χ3v) is 3.43. The monoisotopic (exact) mass is 220 g/mol. The largest absolute Gasteiger partial charge is 0.295 e. The molecular weight excluding hydrogens is 196 g/mol. The molecule has 0 atom stereocenters. The fraction of sp³-hybridized carbons (Fsp3) is 0.667. The summed E-state index contributed by atoms with van der Waals surface area (Å²) < 4.78 is 0. The number of Topliss-reactive ketones (excluding diaryl/α,β-unsaturated/α-hetero) is 1. The Morgan fingerprint density at radius 2 is 1.88 bits per heavy atom. The highest BCUT2D eigenvalue weighted by Gasteiger charge is 2.23. The number of rotatable bonds is 5. The molecule has 0 heterocycles. The second kappa shape index (κ2) is 6.67. The van der Waals surface area contributed by atoms with Crippen LogP contribution < -0.4 is 0 Å². The fourth-order valence-corrected chi connectivity index (χ4v) is 2.67. The van der Waals surface area contributed by atoms with Gasteiger partial charge < -0.3 is 0 Å². The van der Waals surface area contributed by atoms with Gasteiger partial charge in [0.25, 0.3) is 0 Å². The molecule has 1 aliphatic carbocycles. The number of ketones is 1. The molecule has 1 aliphatic rings. The van der Waals surface area contributed by atoms with Gasteiger partial charge in [-0.25, -0.2) is 0 Å². The second-order valence-corrected chi connectivity index (χ2v) is 5.00. The van der Waals surface area contributed by atoms with Crippen molar-refractivity contribution in [2.45, 2.75) is 58.8 Å². The maximum Gasteiger partial charge on any atom is 0.159 e. The lowest BCUT2D eigenvalue weighted by Gasteiger charge is -2.25. The first kappa shape index (κ1) is 13.2. The molecular formula is C15H24O. The van der Waals surface area contributed by atoms with Crippen LogP contribution in [-0.4, -0.2) is 5.78 Å². The van der Waals surface area contributed by atoms with E-state index >= 15 is 0 Å². The van der Waals surface area contributed by atoms with Crippen molar-refractivity contribution in [3.05, 3.63) is 23.8 Å². The average molecular weight is 220 g/mol. The minimum Gasteiger partial charge on any atom is -0.295 e. The van der Waals surface area contributed by atoms with Crippen molar-refractivity contribution in [3.8, 4) is 0 Å². The number of allylic oxidation sites excluding steroid dienone is 3. The lowest BCUT2D eigenvalue weighted by atomic mass is 9.79. The minimum absolute atomic E-state index is 0.354. The molecule has 0 unspecified atom stereocenters. The van der Waals surface area contributed by atoms with Crippen LogP contribution in [0.25, 0.3) is 0 Å². The van der Waals surface area contributed by atoms with Gasteiger partial charge in [-0.3, -0.25) is 4.79 Å². The summed E-state index contributed by atoms with van der Waals surface area (Å²) in [7, 11) is 0. The fourth-order valence-electron chi connectivity index (χ4n) is 2.67. The van der Waals surface area contributed by atoms with Gasteiger partial charge in [-0.05, 0) is 44.6 Å². The van der Waals surface area contributed by atoms with Crippen molar-refractivity contribution in [2.75, 3.05) is 0 Å². The molecule has 1 heteroatoms. The van der Waals surface area contributed by atoms with Crippen LogP contribution in [0.1, 0.15) is 58.8 Å². The number of carbonyl (C=O) groups is 1. The first-order valence-electron chi connectivity index (χ1n) is 6.48. The lowest BCUT2D eigenvalue weighted by Crippen LogP contribution is -2.17. The SMILES string of the molecule is C=CCCC(=O)C(=C(C)C)C1CCCCC1. The van der Waals surface area contributed by atoms with Crippen LogP contribution in [0, 0.1) is 5.92 Å². The summed E-state index contributed by atoms with van der Waals surface area (Å²) in [4.78, 5) is 12.1. The highest BCUT2D eigenvalue weighted by molar-refractivity contribution is 5.96. The zero-order valence-electron chi connectivity index (χ0n) is 10.7. The Bertz CT molecular complexity index is 276. The summed E-state index contributed by atoms with van der Waals surface area (Å²) >= 11 is 0. The Hall–Kier alpha value is -0.850. The van der Waals surface area contributed by atoms with Crippen molar-refractivity contribution >= 4 is 5.78 Å². The van der Waals surface area contributed by atoms with E-state index in [1.54, 1.807) is 0 Å². The van der Waals surface area contributed by atoms with Crippen LogP contribution in [0.3, 0.4) is 0 Å². The highest BCUT2D eigenvalue weighted by Crippen LogP contribution is 2.32. The van der Waals surface area contributed by atoms with Gasteiger partial charge in [-0.15, -0.1) is 6.58 Å². The van der Waals surface area contributed by atoms with Crippen molar-refractivity contribution in [3.63, 3.8) is 0 Å². The smallest absolute Gasteiger partial charge is 0.159 e. The Labute approximate surface area is 99.6 Å². The quantitative estimate of drug-likeness (QED) is 0.494. The van der Waals surface area contributed by atoms with Gasteiger partial charge >= 0.3 is 0 Å². The van der Waals surface area contributed by atoms with Crippen molar-refractivity contribution in [1.29, 1.82) is 0 Å². The molecule has 1 nitrogen and oxygen atoms in total. The molecule has 0 spiro atoms. The maximum absolute atomic E-state index is 12.1. The molecule has 0 radical (unpaired) electrons. The van der Waals surface area contributed by atoms with Crippen molar-refractivity contribution < 1.29 is 4.79 Å². The molecule has 90 valence electrons. The second-order valence-electron chi connectivity index (χ2n) is 5.00. The minimum atomic E-state index is 0.354. The molecule has 1 rings (SSSR count). The summed E-state index contributed by atoms with van der Waals surface area (Å²) in [5, 5.41) is 0. The van der Waals surface area contributed by atoms with Crippen LogP contribution in [0.15, 0.2) is 23.8 Å². The average Bonchev–Trinajstić information content (AvgIpc) is 2.27. The van der Waals surface area contributed by atoms with Gasteiger partial charge in [0.2, 0.25) is 0 Å². The molecule has 1 saturated carbocycles. The van der Waals surface area contributed by atoms with Gasteiger partial charge in [-0.1, -0.05) is 30.9 Å². The summed E-state index contributed by atoms with van der Waals surface area (Å²) in [6.07, 6.45) is 9.62. The van der Waals surface area contributed by atoms with E-state index in [-0.39, 0.29) is 0 Å². The molecule has 0 aromatic heterocycles. The zero-order valence-corrected chi connectivity index (χ0v) is 10.7. The summed E-state index contributed by atoms with van der Waals surface area (Å²) in [5.41, 5.74) is 2.35. The van der Waals surface area contributed by atoms with Crippen LogP contribution >= 0.6 is 0 Å². The van der Waals surface area contributed by atoms with E-state index in [0.29, 0.717) is 18.1 Å². The van der Waals surface area contributed by atoms with E-state index in [0.717, 1.165) is 12.0 Å². The molecule has 0 N–H and O–H groups in total. The van der Waals surface area contributed by atoms with E-state index < -0.39 is 0 Å². The Balaban J connectivity index is 2.70. The predicted octanol–water partition coefficient (Wildman–Crippen LogP) is 4.44. The highest BCUT2D eigenvalue weighted by atomic mass is 16.1. The zero-order chi connectivity index (χ0) is 12.0. The van der Waals surface area contributed by atoms with E-state index in [9.17, 15) is 4.79 Å². The third kappa shape index (κ3) is 3.62. The predicted molar refractivity (Wildman–Crippen MR) is 69.4 cm³/mol. The first-order valence-corrected chi connectivity index (χ1v) is 6.48. The van der Waals surface area contributed by atoms with Crippen LogP contribution in [-0.2, 0) is 4.79 Å². The van der Waals surface area contributed by atoms with E-state index in [4.69, 9.17) is 0 Å². The van der Waals surface area contributed by atoms with Gasteiger partial charge in [0.05, 0.1) is 0 Å². The van der Waals surface area contributed by atoms with Crippen LogP contribution in [0.4, 0.5) is 0 Å². The summed E-state index contributed by atoms with van der Waals surface area (Å²) in [5.74, 6) is 0.892. The standard InChI is InChI=1S/C15H24O/c1-4-5-11-14(16)15(12(2)3)13-9-7-6-8-10-13/h4,13H,1,5-11H2,2-3H3. The number of hydrogen-bond donors (Lipinski definition) is 0. The third-order valence-electron chi connectivity index (χ3n) is 3.43. The molecule has 0 amide bonds. The van der Waals surface area contributed by atoms with Gasteiger partial charge in [0, 0.05) is 6.42 Å². The van der Waals surface area contributed by atoms with Gasteiger partial charge in [0.1, 0.15) is 0 Å². The van der Waals surface area contributed by atoms with Crippen LogP contribution in [0.2, 0.25) is 0 Å². The molecule has 0 aromatic rings. The number of hydrogen-bond acceptors (Lipinski definition) is 1. The Morgan fingerprint density at radius 1 is 1.25 bits per heavy atom.